The van der Waals surface area contributed by atoms with Crippen LogP contribution in [0.25, 0.3) is 0 Å². The van der Waals surface area contributed by atoms with Crippen LogP contribution in [0.2, 0.25) is 0 Å². The van der Waals surface area contributed by atoms with E-state index in [0.717, 1.165) is 0 Å². The van der Waals surface area contributed by atoms with E-state index < -0.39 is 5.97 Å². The number of nitrogens with one attached hydrogen (secondary N) is 1. The van der Waals surface area contributed by atoms with Gasteiger partial charge in [-0.2, -0.15) is 0 Å². The standard InChI is InChI=1S/C20H22N2O4/c1-2-13-22(16-8-4-3-5-9-16)19(24)15-26-20(25)17-10-6-7-11-18(17)21-12-14-23/h2-11,21,23H,1,12-15H2. The van der Waals surface area contributed by atoms with Crippen LogP contribution in [0.4, 0.5) is 11.4 Å². The molecular formula is C20H22N2O4. The summed E-state index contributed by atoms with van der Waals surface area (Å²) in [5.41, 5.74) is 1.56. The molecule has 2 N–H and O–H groups in total. The fourth-order valence-corrected chi connectivity index (χ4v) is 2.38. The van der Waals surface area contributed by atoms with Gasteiger partial charge >= 0.3 is 5.97 Å². The Hall–Kier alpha value is -3.12. The van der Waals surface area contributed by atoms with Crippen LogP contribution in [-0.2, 0) is 9.53 Å². The molecule has 6 nitrogen and oxygen atoms in total. The van der Waals surface area contributed by atoms with Crippen LogP contribution in [0.1, 0.15) is 10.4 Å². The Kier molecular flexibility index (Phi) is 7.39. The summed E-state index contributed by atoms with van der Waals surface area (Å²) in [4.78, 5) is 26.3. The molecule has 136 valence electrons. The highest BCUT2D eigenvalue weighted by Crippen LogP contribution is 2.17. The van der Waals surface area contributed by atoms with Crippen LogP contribution in [0, 0.1) is 0 Å². The molecule has 0 fully saturated rings. The van der Waals surface area contributed by atoms with E-state index in [-0.39, 0.29) is 19.1 Å². The van der Waals surface area contributed by atoms with Crippen LogP contribution in [-0.4, -0.2) is 43.3 Å². The monoisotopic (exact) mass is 354 g/mol. The lowest BCUT2D eigenvalue weighted by atomic mass is 10.2. The van der Waals surface area contributed by atoms with Gasteiger partial charge in [0.25, 0.3) is 5.91 Å². The fraction of sp³-hybridized carbons (Fsp3) is 0.200. The van der Waals surface area contributed by atoms with Crippen molar-refractivity contribution in [1.82, 2.24) is 0 Å². The zero-order valence-electron chi connectivity index (χ0n) is 14.4. The number of ether oxygens (including phenoxy) is 1. The first-order chi connectivity index (χ1) is 12.7. The number of para-hydroxylation sites is 2. The summed E-state index contributed by atoms with van der Waals surface area (Å²) in [7, 11) is 0. The van der Waals surface area contributed by atoms with Crippen molar-refractivity contribution >= 4 is 23.3 Å². The molecule has 2 aromatic rings. The van der Waals surface area contributed by atoms with Gasteiger partial charge in [0, 0.05) is 24.5 Å². The molecule has 0 aliphatic heterocycles. The lowest BCUT2D eigenvalue weighted by Crippen LogP contribution is -2.35. The highest BCUT2D eigenvalue weighted by Gasteiger charge is 2.18. The number of aliphatic hydroxyl groups is 1. The van der Waals surface area contributed by atoms with Gasteiger partial charge in [-0.1, -0.05) is 36.4 Å². The minimum absolute atomic E-state index is 0.0601. The SMILES string of the molecule is C=CCN(C(=O)COC(=O)c1ccccc1NCCO)c1ccccc1. The van der Waals surface area contributed by atoms with Gasteiger partial charge in [0.1, 0.15) is 0 Å². The Balaban J connectivity index is 2.04. The number of aliphatic hydroxyl groups excluding tert-OH is 1. The lowest BCUT2D eigenvalue weighted by Gasteiger charge is -2.21. The van der Waals surface area contributed by atoms with Gasteiger partial charge in [0.15, 0.2) is 6.61 Å². The van der Waals surface area contributed by atoms with Crippen molar-refractivity contribution in [3.63, 3.8) is 0 Å². The van der Waals surface area contributed by atoms with Crippen LogP contribution in [0.5, 0.6) is 0 Å². The first kappa shape index (κ1) is 19.2. The van der Waals surface area contributed by atoms with Gasteiger partial charge in [-0.25, -0.2) is 4.79 Å². The van der Waals surface area contributed by atoms with Gasteiger partial charge in [-0.05, 0) is 24.3 Å². The van der Waals surface area contributed by atoms with Gasteiger partial charge in [-0.15, -0.1) is 6.58 Å². The number of rotatable bonds is 9. The molecule has 0 aromatic heterocycles. The maximum Gasteiger partial charge on any atom is 0.340 e. The van der Waals surface area contributed by atoms with Crippen LogP contribution in [0.15, 0.2) is 67.3 Å². The second-order valence-corrected chi connectivity index (χ2v) is 5.40. The average Bonchev–Trinajstić information content (AvgIpc) is 2.69. The number of carbonyl (C=O) groups is 2. The van der Waals surface area contributed by atoms with Gasteiger partial charge in [0.05, 0.1) is 12.2 Å². The number of hydrogen-bond acceptors (Lipinski definition) is 5. The van der Waals surface area contributed by atoms with Crippen molar-refractivity contribution in [3.05, 3.63) is 72.8 Å². The van der Waals surface area contributed by atoms with Gasteiger partial charge in [0.2, 0.25) is 0 Å². The van der Waals surface area contributed by atoms with Crippen molar-refractivity contribution < 1.29 is 19.4 Å². The Bertz CT molecular complexity index is 746. The lowest BCUT2D eigenvalue weighted by molar-refractivity contribution is -0.121. The summed E-state index contributed by atoms with van der Waals surface area (Å²) >= 11 is 0. The molecule has 2 aromatic carbocycles. The van der Waals surface area contributed by atoms with Crippen molar-refractivity contribution in [3.8, 4) is 0 Å². The highest BCUT2D eigenvalue weighted by atomic mass is 16.5. The summed E-state index contributed by atoms with van der Waals surface area (Å²) in [5, 5.41) is 11.9. The largest absolute Gasteiger partial charge is 0.452 e. The molecule has 0 spiro atoms. The normalized spacial score (nSPS) is 10.0. The number of hydrogen-bond donors (Lipinski definition) is 2. The first-order valence-corrected chi connectivity index (χ1v) is 8.24. The molecule has 0 saturated heterocycles. The molecule has 2 rings (SSSR count). The molecule has 0 atom stereocenters. The molecule has 26 heavy (non-hydrogen) atoms. The smallest absolute Gasteiger partial charge is 0.340 e. The fourth-order valence-electron chi connectivity index (χ4n) is 2.38. The van der Waals surface area contributed by atoms with E-state index in [1.807, 2.05) is 18.2 Å². The number of esters is 1. The maximum absolute atomic E-state index is 12.5. The number of nitrogens with zero attached hydrogens (tertiary/aromatic N) is 1. The Morgan fingerprint density at radius 1 is 1.12 bits per heavy atom. The molecule has 0 radical (unpaired) electrons. The zero-order chi connectivity index (χ0) is 18.8. The minimum Gasteiger partial charge on any atom is -0.452 e. The second kappa shape index (κ2) is 10.0. The molecule has 0 aliphatic rings. The quantitative estimate of drug-likeness (QED) is 0.534. The topological polar surface area (TPSA) is 78.9 Å². The summed E-state index contributed by atoms with van der Waals surface area (Å²) in [6.45, 7) is 3.85. The van der Waals surface area contributed by atoms with Crippen molar-refractivity contribution in [2.45, 2.75) is 0 Å². The van der Waals surface area contributed by atoms with Gasteiger partial charge < -0.3 is 20.1 Å². The van der Waals surface area contributed by atoms with Crippen molar-refractivity contribution in [1.29, 1.82) is 0 Å². The molecule has 6 heteroatoms. The Morgan fingerprint density at radius 2 is 1.81 bits per heavy atom. The summed E-state index contributed by atoms with van der Waals surface area (Å²) in [6.07, 6.45) is 1.61. The third-order valence-electron chi connectivity index (χ3n) is 3.58. The highest BCUT2D eigenvalue weighted by molar-refractivity contribution is 5.99. The third-order valence-corrected chi connectivity index (χ3v) is 3.58. The molecule has 0 heterocycles. The van der Waals surface area contributed by atoms with E-state index in [0.29, 0.717) is 30.0 Å². The van der Waals surface area contributed by atoms with Crippen LogP contribution < -0.4 is 10.2 Å². The molecule has 0 aliphatic carbocycles. The number of carbonyl (C=O) groups excluding carboxylic acids is 2. The zero-order valence-corrected chi connectivity index (χ0v) is 14.4. The van der Waals surface area contributed by atoms with Crippen molar-refractivity contribution in [2.75, 3.05) is 36.5 Å². The van der Waals surface area contributed by atoms with Gasteiger partial charge in [-0.3, -0.25) is 4.79 Å². The Labute approximate surface area is 152 Å². The van der Waals surface area contributed by atoms with Crippen molar-refractivity contribution in [2.24, 2.45) is 0 Å². The molecule has 0 bridgehead atoms. The predicted molar refractivity (Wildman–Crippen MR) is 101 cm³/mol. The predicted octanol–water partition coefficient (Wildman–Crippen LogP) is 2.47. The van der Waals surface area contributed by atoms with E-state index in [9.17, 15) is 9.59 Å². The van der Waals surface area contributed by atoms with E-state index in [1.165, 1.54) is 4.90 Å². The average molecular weight is 354 g/mol. The second-order valence-electron chi connectivity index (χ2n) is 5.40. The number of amides is 1. The third kappa shape index (κ3) is 5.19. The molecular weight excluding hydrogens is 332 g/mol. The number of anilines is 2. The molecule has 0 unspecified atom stereocenters. The van der Waals surface area contributed by atoms with E-state index in [2.05, 4.69) is 11.9 Å². The molecule has 0 saturated carbocycles. The summed E-state index contributed by atoms with van der Waals surface area (Å²) < 4.78 is 5.19. The first-order valence-electron chi connectivity index (χ1n) is 8.24. The van der Waals surface area contributed by atoms with E-state index in [1.54, 1.807) is 42.5 Å². The van der Waals surface area contributed by atoms with E-state index >= 15 is 0 Å². The van der Waals surface area contributed by atoms with E-state index in [4.69, 9.17) is 9.84 Å². The molecule has 1 amide bonds. The Morgan fingerprint density at radius 3 is 2.50 bits per heavy atom. The summed E-state index contributed by atoms with van der Waals surface area (Å²) in [5.74, 6) is -0.948. The van der Waals surface area contributed by atoms with Crippen LogP contribution in [0.3, 0.4) is 0 Å². The minimum atomic E-state index is -0.606. The summed E-state index contributed by atoms with van der Waals surface area (Å²) in [6, 6.07) is 15.9. The van der Waals surface area contributed by atoms with Crippen LogP contribution >= 0.6 is 0 Å². The number of benzene rings is 2. The maximum atomic E-state index is 12.5.